The van der Waals surface area contributed by atoms with Crippen LogP contribution in [0.2, 0.25) is 0 Å². The fourth-order valence-electron chi connectivity index (χ4n) is 2.51. The Bertz CT molecular complexity index is 604. The molecule has 0 amide bonds. The molecule has 0 aromatic rings. The molecule has 0 bridgehead atoms. The van der Waals surface area contributed by atoms with E-state index < -0.39 is 0 Å². The van der Waals surface area contributed by atoms with E-state index in [1.54, 1.807) is 0 Å². The first-order valence-corrected chi connectivity index (χ1v) is 10.4. The fourth-order valence-corrected chi connectivity index (χ4v) is 2.51. The lowest BCUT2D eigenvalue weighted by atomic mass is 10.1. The zero-order valence-electron chi connectivity index (χ0n) is 18.9. The minimum Gasteiger partial charge on any atom is -0.0856 e. The summed E-state index contributed by atoms with van der Waals surface area (Å²) in [7, 11) is 0. The van der Waals surface area contributed by atoms with Crippen molar-refractivity contribution in [3.05, 3.63) is 82.5 Å². The van der Waals surface area contributed by atoms with Crippen molar-refractivity contribution in [1.82, 2.24) is 0 Å². The van der Waals surface area contributed by atoms with Gasteiger partial charge in [0.25, 0.3) is 0 Å². The molecule has 150 valence electrons. The van der Waals surface area contributed by atoms with E-state index in [0.717, 1.165) is 38.5 Å². The molecule has 0 saturated heterocycles. The number of hydrogen-bond acceptors (Lipinski definition) is 0. The molecule has 0 rings (SSSR count). The Hall–Kier alpha value is -1.82. The van der Waals surface area contributed by atoms with Gasteiger partial charge in [-0.1, -0.05) is 82.5 Å². The van der Waals surface area contributed by atoms with E-state index in [9.17, 15) is 0 Å². The minimum absolute atomic E-state index is 1.10. The van der Waals surface area contributed by atoms with Gasteiger partial charge in [0, 0.05) is 0 Å². The monoisotopic (exact) mass is 366 g/mol. The van der Waals surface area contributed by atoms with Crippen molar-refractivity contribution in [1.29, 1.82) is 0 Å². The zero-order valence-corrected chi connectivity index (χ0v) is 18.9. The second kappa shape index (κ2) is 16.4. The van der Waals surface area contributed by atoms with Crippen LogP contribution in [-0.2, 0) is 0 Å². The molecule has 0 unspecified atom stereocenters. The summed E-state index contributed by atoms with van der Waals surface area (Å²) >= 11 is 0. The molecule has 0 radical (unpaired) electrons. The highest BCUT2D eigenvalue weighted by molar-refractivity contribution is 5.22. The van der Waals surface area contributed by atoms with Gasteiger partial charge in [-0.05, 0) is 87.0 Å². The van der Waals surface area contributed by atoms with Gasteiger partial charge in [0.05, 0.1) is 0 Å². The Morgan fingerprint density at radius 2 is 1.07 bits per heavy atom. The fraction of sp³-hybridized carbons (Fsp3) is 0.481. The average Bonchev–Trinajstić information content (AvgIpc) is 2.57. The summed E-state index contributed by atoms with van der Waals surface area (Å²) in [6.07, 6.45) is 27.1. The second-order valence-electron chi connectivity index (χ2n) is 7.98. The molecule has 0 heteroatoms. The summed E-state index contributed by atoms with van der Waals surface area (Å²) in [4.78, 5) is 0. The average molecular weight is 367 g/mol. The Balaban J connectivity index is 4.14. The Kier molecular flexibility index (Phi) is 15.3. The van der Waals surface area contributed by atoms with E-state index in [4.69, 9.17) is 0 Å². The molecule has 0 spiro atoms. The van der Waals surface area contributed by atoms with Crippen molar-refractivity contribution in [3.63, 3.8) is 0 Å². The third-order valence-corrected chi connectivity index (χ3v) is 4.24. The van der Waals surface area contributed by atoms with Crippen LogP contribution in [0.25, 0.3) is 0 Å². The van der Waals surface area contributed by atoms with Crippen LogP contribution < -0.4 is 0 Å². The van der Waals surface area contributed by atoms with Crippen LogP contribution in [-0.4, -0.2) is 0 Å². The van der Waals surface area contributed by atoms with Crippen LogP contribution in [0.1, 0.15) is 87.0 Å². The van der Waals surface area contributed by atoms with Crippen molar-refractivity contribution in [2.45, 2.75) is 87.0 Å². The summed E-state index contributed by atoms with van der Waals surface area (Å²) in [5.74, 6) is 0. The first-order chi connectivity index (χ1) is 12.8. The Morgan fingerprint density at radius 1 is 0.556 bits per heavy atom. The van der Waals surface area contributed by atoms with Crippen LogP contribution in [0, 0.1) is 0 Å². The number of hydrogen-bond donors (Lipinski definition) is 0. The van der Waals surface area contributed by atoms with Gasteiger partial charge in [0.15, 0.2) is 0 Å². The summed E-state index contributed by atoms with van der Waals surface area (Å²) in [6.45, 7) is 15.2. The molecule has 0 aliphatic heterocycles. The zero-order chi connectivity index (χ0) is 20.5. The van der Waals surface area contributed by atoms with E-state index in [1.807, 2.05) is 0 Å². The number of rotatable bonds is 12. The van der Waals surface area contributed by atoms with Crippen LogP contribution in [0.5, 0.6) is 0 Å². The molecule has 0 N–H and O–H groups in total. The summed E-state index contributed by atoms with van der Waals surface area (Å²) in [6, 6.07) is 0. The largest absolute Gasteiger partial charge is 0.0856 e. The van der Waals surface area contributed by atoms with Crippen LogP contribution in [0.15, 0.2) is 82.5 Å². The smallest absolute Gasteiger partial charge is 0.0285 e. The van der Waals surface area contributed by atoms with Gasteiger partial charge in [0.2, 0.25) is 0 Å². The van der Waals surface area contributed by atoms with Crippen molar-refractivity contribution in [2.75, 3.05) is 0 Å². The van der Waals surface area contributed by atoms with E-state index in [0.29, 0.717) is 0 Å². The van der Waals surface area contributed by atoms with Gasteiger partial charge in [-0.3, -0.25) is 0 Å². The van der Waals surface area contributed by atoms with Crippen molar-refractivity contribution >= 4 is 0 Å². The van der Waals surface area contributed by atoms with Gasteiger partial charge in [-0.2, -0.15) is 0 Å². The molecule has 0 fully saturated rings. The highest BCUT2D eigenvalue weighted by Crippen LogP contribution is 2.09. The van der Waals surface area contributed by atoms with E-state index in [2.05, 4.69) is 103 Å². The molecule has 0 atom stereocenters. The first kappa shape index (κ1) is 25.2. The van der Waals surface area contributed by atoms with Crippen LogP contribution >= 0.6 is 0 Å². The van der Waals surface area contributed by atoms with Crippen molar-refractivity contribution < 1.29 is 0 Å². The van der Waals surface area contributed by atoms with Gasteiger partial charge in [-0.25, -0.2) is 0 Å². The van der Waals surface area contributed by atoms with Crippen molar-refractivity contribution in [2.24, 2.45) is 0 Å². The third-order valence-electron chi connectivity index (χ3n) is 4.24. The molecule has 0 aliphatic rings. The van der Waals surface area contributed by atoms with Gasteiger partial charge < -0.3 is 0 Å². The quantitative estimate of drug-likeness (QED) is 0.183. The highest BCUT2D eigenvalue weighted by Gasteiger charge is 1.88. The maximum atomic E-state index is 2.32. The predicted octanol–water partition coefficient (Wildman–Crippen LogP) is 9.21. The Morgan fingerprint density at radius 3 is 1.59 bits per heavy atom. The molecule has 27 heavy (non-hydrogen) atoms. The molecule has 0 aromatic carbocycles. The van der Waals surface area contributed by atoms with E-state index in [-0.39, 0.29) is 0 Å². The van der Waals surface area contributed by atoms with Crippen LogP contribution in [0.3, 0.4) is 0 Å². The standard InChI is InChI=1S/C27H42/c1-23(2)15-12-19-25(5)17-10-8-9-11-18-26(6)21-14-22-27(7)20-13-16-24(3)4/h8,10,14-18,21-22H,9,11-13,19-20H2,1-7H3/b10-8+,21-14+,25-17+,26-18+,27-22+. The summed E-state index contributed by atoms with van der Waals surface area (Å²) in [5.41, 5.74) is 7.03. The number of unbranched alkanes of at least 4 members (excludes halogenated alkanes) is 1. The number of allylic oxidation sites excluding steroid dienone is 14. The minimum atomic E-state index is 1.10. The lowest BCUT2D eigenvalue weighted by Crippen LogP contribution is -1.76. The normalized spacial score (nSPS) is 13.5. The summed E-state index contributed by atoms with van der Waals surface area (Å²) < 4.78 is 0. The molecule has 0 heterocycles. The summed E-state index contributed by atoms with van der Waals surface area (Å²) in [5, 5.41) is 0. The van der Waals surface area contributed by atoms with Gasteiger partial charge >= 0.3 is 0 Å². The molecule has 0 nitrogen and oxygen atoms in total. The van der Waals surface area contributed by atoms with E-state index >= 15 is 0 Å². The van der Waals surface area contributed by atoms with Gasteiger partial charge in [-0.15, -0.1) is 0 Å². The van der Waals surface area contributed by atoms with Gasteiger partial charge in [0.1, 0.15) is 0 Å². The third kappa shape index (κ3) is 18.8. The maximum absolute atomic E-state index is 2.32. The molecular formula is C27H42. The second-order valence-corrected chi connectivity index (χ2v) is 7.98. The predicted molar refractivity (Wildman–Crippen MR) is 126 cm³/mol. The topological polar surface area (TPSA) is 0 Å². The molecule has 0 saturated carbocycles. The molecular weight excluding hydrogens is 324 g/mol. The molecule has 0 aliphatic carbocycles. The van der Waals surface area contributed by atoms with Crippen LogP contribution in [0.4, 0.5) is 0 Å². The lowest BCUT2D eigenvalue weighted by Gasteiger charge is -1.97. The highest BCUT2D eigenvalue weighted by atomic mass is 13.9. The molecule has 0 aromatic heterocycles. The SMILES string of the molecule is CC(C)=CCC/C(C)=C/C=C/CC/C=C(C)/C=C/C=C(\C)CCC=C(C)C. The van der Waals surface area contributed by atoms with E-state index in [1.165, 1.54) is 27.9 Å². The first-order valence-electron chi connectivity index (χ1n) is 10.4. The lowest BCUT2D eigenvalue weighted by molar-refractivity contribution is 0.966. The maximum Gasteiger partial charge on any atom is -0.0285 e. The van der Waals surface area contributed by atoms with Crippen molar-refractivity contribution in [3.8, 4) is 0 Å². The Labute approximate surface area is 169 Å².